The van der Waals surface area contributed by atoms with Crippen molar-refractivity contribution in [2.45, 2.75) is 39.0 Å². The van der Waals surface area contributed by atoms with Crippen LogP contribution < -0.4 is 10.1 Å². The van der Waals surface area contributed by atoms with E-state index in [2.05, 4.69) is 53.8 Å². The van der Waals surface area contributed by atoms with Crippen LogP contribution in [0.25, 0.3) is 0 Å². The fourth-order valence-corrected chi connectivity index (χ4v) is 3.11. The average Bonchev–Trinajstić information content (AvgIpc) is 2.76. The maximum atomic E-state index is 11.6. The molecule has 0 amide bonds. The quantitative estimate of drug-likeness (QED) is 0.650. The van der Waals surface area contributed by atoms with Gasteiger partial charge in [-0.25, -0.2) is 0 Å². The summed E-state index contributed by atoms with van der Waals surface area (Å²) in [7, 11) is 0. The standard InChI is InChI=1S/C14H15N.C11H12O2/c1-3-7-13(8-4-1)11-15-12-14-9-5-2-6-10-14;1-2-8-7-10(12)9-5-3-4-6-11(9)13-8/h1-10,15H,11-12H2;3-6,8H,2,7H2,1H3. The molecule has 1 heterocycles. The van der Waals surface area contributed by atoms with E-state index < -0.39 is 0 Å². The van der Waals surface area contributed by atoms with E-state index in [4.69, 9.17) is 4.74 Å². The number of rotatable bonds is 5. The molecule has 3 aromatic carbocycles. The predicted octanol–water partition coefficient (Wildman–Crippen LogP) is 5.41. The zero-order valence-electron chi connectivity index (χ0n) is 16.3. The molecule has 3 heteroatoms. The molecule has 144 valence electrons. The van der Waals surface area contributed by atoms with Gasteiger partial charge < -0.3 is 10.1 Å². The van der Waals surface area contributed by atoms with Crippen LogP contribution in [0.15, 0.2) is 84.9 Å². The van der Waals surface area contributed by atoms with Crippen LogP contribution in [-0.4, -0.2) is 11.9 Å². The van der Waals surface area contributed by atoms with Crippen LogP contribution in [0, 0.1) is 0 Å². The van der Waals surface area contributed by atoms with Gasteiger partial charge >= 0.3 is 0 Å². The Labute approximate surface area is 167 Å². The van der Waals surface area contributed by atoms with Gasteiger partial charge in [-0.05, 0) is 29.7 Å². The molecule has 28 heavy (non-hydrogen) atoms. The minimum absolute atomic E-state index is 0.0717. The van der Waals surface area contributed by atoms with Crippen molar-refractivity contribution in [3.8, 4) is 5.75 Å². The lowest BCUT2D eigenvalue weighted by Crippen LogP contribution is -2.25. The van der Waals surface area contributed by atoms with Gasteiger partial charge in [-0.2, -0.15) is 0 Å². The van der Waals surface area contributed by atoms with Crippen LogP contribution in [0.1, 0.15) is 41.3 Å². The van der Waals surface area contributed by atoms with Gasteiger partial charge in [-0.15, -0.1) is 0 Å². The number of para-hydroxylation sites is 1. The van der Waals surface area contributed by atoms with E-state index in [0.29, 0.717) is 6.42 Å². The average molecular weight is 373 g/mol. The molecule has 0 saturated carbocycles. The van der Waals surface area contributed by atoms with Gasteiger partial charge in [-0.3, -0.25) is 4.79 Å². The summed E-state index contributed by atoms with van der Waals surface area (Å²) in [6, 6.07) is 28.3. The molecule has 0 aromatic heterocycles. The van der Waals surface area contributed by atoms with E-state index in [1.54, 1.807) is 0 Å². The third-order valence-corrected chi connectivity index (χ3v) is 4.69. The van der Waals surface area contributed by atoms with E-state index in [1.807, 2.05) is 43.3 Å². The van der Waals surface area contributed by atoms with Gasteiger partial charge in [0, 0.05) is 19.5 Å². The molecule has 1 aliphatic heterocycles. The Morgan fingerprint density at radius 2 is 1.36 bits per heavy atom. The second-order valence-corrected chi connectivity index (χ2v) is 6.85. The second-order valence-electron chi connectivity index (χ2n) is 6.85. The molecule has 0 aliphatic carbocycles. The van der Waals surface area contributed by atoms with Gasteiger partial charge in [0.15, 0.2) is 5.78 Å². The summed E-state index contributed by atoms with van der Waals surface area (Å²) in [5.74, 6) is 0.944. The lowest BCUT2D eigenvalue weighted by Gasteiger charge is -2.23. The van der Waals surface area contributed by atoms with E-state index >= 15 is 0 Å². The number of hydrogen-bond donors (Lipinski definition) is 1. The largest absolute Gasteiger partial charge is 0.489 e. The smallest absolute Gasteiger partial charge is 0.170 e. The number of ether oxygens (including phenoxy) is 1. The minimum atomic E-state index is 0.0717. The van der Waals surface area contributed by atoms with Crippen LogP contribution >= 0.6 is 0 Å². The van der Waals surface area contributed by atoms with Gasteiger partial charge in [0.05, 0.1) is 5.56 Å². The van der Waals surface area contributed by atoms with Crippen molar-refractivity contribution in [3.63, 3.8) is 0 Å². The highest BCUT2D eigenvalue weighted by molar-refractivity contribution is 5.99. The summed E-state index contributed by atoms with van der Waals surface area (Å²) >= 11 is 0. The first-order valence-corrected chi connectivity index (χ1v) is 9.83. The first-order valence-electron chi connectivity index (χ1n) is 9.83. The lowest BCUT2D eigenvalue weighted by molar-refractivity contribution is 0.0845. The molecule has 1 atom stereocenters. The molecule has 0 spiro atoms. The van der Waals surface area contributed by atoms with Crippen LogP contribution in [0.3, 0.4) is 0 Å². The highest BCUT2D eigenvalue weighted by Crippen LogP contribution is 2.27. The Morgan fingerprint density at radius 1 is 0.821 bits per heavy atom. The third-order valence-electron chi connectivity index (χ3n) is 4.69. The number of Topliss-reactive ketones (excluding diaryl/α,β-unsaturated/α-hetero) is 1. The number of nitrogens with one attached hydrogen (secondary N) is 1. The highest BCUT2D eigenvalue weighted by atomic mass is 16.5. The summed E-state index contributed by atoms with van der Waals surface area (Å²) < 4.78 is 5.63. The van der Waals surface area contributed by atoms with Gasteiger partial charge in [0.25, 0.3) is 0 Å². The van der Waals surface area contributed by atoms with E-state index in [-0.39, 0.29) is 11.9 Å². The molecule has 1 unspecified atom stereocenters. The van der Waals surface area contributed by atoms with Crippen molar-refractivity contribution < 1.29 is 9.53 Å². The molecular weight excluding hydrogens is 346 g/mol. The van der Waals surface area contributed by atoms with Crippen molar-refractivity contribution in [3.05, 3.63) is 102 Å². The van der Waals surface area contributed by atoms with Crippen molar-refractivity contribution in [2.75, 3.05) is 0 Å². The zero-order valence-corrected chi connectivity index (χ0v) is 16.3. The summed E-state index contributed by atoms with van der Waals surface area (Å²) in [6.07, 6.45) is 1.48. The molecule has 0 fully saturated rings. The third kappa shape index (κ3) is 5.80. The molecular formula is C25H27NO2. The van der Waals surface area contributed by atoms with Crippen LogP contribution in [0.5, 0.6) is 5.75 Å². The number of ketones is 1. The van der Waals surface area contributed by atoms with Crippen molar-refractivity contribution in [2.24, 2.45) is 0 Å². The highest BCUT2D eigenvalue weighted by Gasteiger charge is 2.24. The van der Waals surface area contributed by atoms with Crippen molar-refractivity contribution >= 4 is 5.78 Å². The van der Waals surface area contributed by atoms with Crippen LogP contribution in [0.2, 0.25) is 0 Å². The van der Waals surface area contributed by atoms with Crippen molar-refractivity contribution in [1.82, 2.24) is 5.32 Å². The summed E-state index contributed by atoms with van der Waals surface area (Å²) in [6.45, 7) is 3.89. The predicted molar refractivity (Wildman–Crippen MR) is 114 cm³/mol. The van der Waals surface area contributed by atoms with Crippen molar-refractivity contribution in [1.29, 1.82) is 0 Å². The number of benzene rings is 3. The minimum Gasteiger partial charge on any atom is -0.489 e. The van der Waals surface area contributed by atoms with E-state index in [9.17, 15) is 4.79 Å². The van der Waals surface area contributed by atoms with E-state index in [0.717, 1.165) is 30.8 Å². The SMILES string of the molecule is CCC1CC(=O)c2ccccc2O1.c1ccc(CNCc2ccccc2)cc1. The van der Waals surface area contributed by atoms with Crippen LogP contribution in [-0.2, 0) is 13.1 Å². The summed E-state index contributed by atoms with van der Waals surface area (Å²) in [5.41, 5.74) is 3.38. The topological polar surface area (TPSA) is 38.3 Å². The first kappa shape index (κ1) is 19.8. The molecule has 4 rings (SSSR count). The lowest BCUT2D eigenvalue weighted by atomic mass is 10.00. The Morgan fingerprint density at radius 3 is 1.93 bits per heavy atom. The fraction of sp³-hybridized carbons (Fsp3) is 0.240. The van der Waals surface area contributed by atoms with Gasteiger partial charge in [0.1, 0.15) is 11.9 Å². The van der Waals surface area contributed by atoms with Crippen LogP contribution in [0.4, 0.5) is 0 Å². The Balaban J connectivity index is 0.000000162. The molecule has 0 radical (unpaired) electrons. The molecule has 0 saturated heterocycles. The normalized spacial score (nSPS) is 15.0. The molecule has 0 bridgehead atoms. The maximum absolute atomic E-state index is 11.6. The number of fused-ring (bicyclic) bond motifs is 1. The Hall–Kier alpha value is -2.91. The van der Waals surface area contributed by atoms with Gasteiger partial charge in [0.2, 0.25) is 0 Å². The van der Waals surface area contributed by atoms with E-state index in [1.165, 1.54) is 11.1 Å². The maximum Gasteiger partial charge on any atom is 0.170 e. The molecule has 1 aliphatic rings. The monoisotopic (exact) mass is 373 g/mol. The fourth-order valence-electron chi connectivity index (χ4n) is 3.11. The number of carbonyl (C=O) groups is 1. The van der Waals surface area contributed by atoms with Gasteiger partial charge in [-0.1, -0.05) is 79.7 Å². The Kier molecular flexibility index (Phi) is 7.39. The summed E-state index contributed by atoms with van der Waals surface area (Å²) in [4.78, 5) is 11.6. The number of carbonyl (C=O) groups excluding carboxylic acids is 1. The molecule has 3 nitrogen and oxygen atoms in total. The zero-order chi connectivity index (χ0) is 19.6. The molecule has 1 N–H and O–H groups in total. The number of hydrogen-bond acceptors (Lipinski definition) is 3. The summed E-state index contributed by atoms with van der Waals surface area (Å²) in [5, 5.41) is 3.42. The molecule has 3 aromatic rings. The Bertz CT molecular complexity index is 822. The second kappa shape index (κ2) is 10.4. The first-order chi connectivity index (χ1) is 13.8.